The Balaban J connectivity index is 1.51. The second-order valence-corrected chi connectivity index (χ2v) is 6.60. The van der Waals surface area contributed by atoms with Crippen molar-refractivity contribution in [3.8, 4) is 0 Å². The summed E-state index contributed by atoms with van der Waals surface area (Å²) < 4.78 is 17.9. The summed E-state index contributed by atoms with van der Waals surface area (Å²) in [7, 11) is 0. The first-order valence-electron chi connectivity index (χ1n) is 9.43. The van der Waals surface area contributed by atoms with Gasteiger partial charge in [0, 0.05) is 12.5 Å². The van der Waals surface area contributed by atoms with Crippen molar-refractivity contribution >= 4 is 11.9 Å². The van der Waals surface area contributed by atoms with Crippen molar-refractivity contribution in [2.75, 3.05) is 13.2 Å². The van der Waals surface area contributed by atoms with Crippen LogP contribution in [0.1, 0.15) is 33.8 Å². The van der Waals surface area contributed by atoms with Gasteiger partial charge in [0.05, 0.1) is 5.56 Å². The molecule has 0 unspecified atom stereocenters. The summed E-state index contributed by atoms with van der Waals surface area (Å²) in [5, 5.41) is 2.79. The number of carbonyl (C=O) groups excluding carboxylic acids is 2. The van der Waals surface area contributed by atoms with E-state index in [2.05, 4.69) is 29.6 Å². The van der Waals surface area contributed by atoms with Crippen molar-refractivity contribution < 1.29 is 18.7 Å². The van der Waals surface area contributed by atoms with Crippen molar-refractivity contribution in [1.82, 2.24) is 5.32 Å². The van der Waals surface area contributed by atoms with E-state index in [1.807, 2.05) is 36.4 Å². The highest BCUT2D eigenvalue weighted by molar-refractivity contribution is 5.91. The molecule has 0 aliphatic rings. The molecule has 0 heterocycles. The number of ether oxygens (including phenoxy) is 1. The van der Waals surface area contributed by atoms with Crippen molar-refractivity contribution in [2.45, 2.75) is 12.3 Å². The maximum absolute atomic E-state index is 12.9. The van der Waals surface area contributed by atoms with Crippen LogP contribution in [0, 0.1) is 5.82 Å². The van der Waals surface area contributed by atoms with Crippen LogP contribution in [-0.2, 0) is 9.53 Å². The zero-order chi connectivity index (χ0) is 20.5. The maximum Gasteiger partial charge on any atom is 0.338 e. The Morgan fingerprint density at radius 1 is 0.828 bits per heavy atom. The number of benzene rings is 3. The standard InChI is InChI=1S/C24H22FNO3/c25-21-13-11-20(12-14-21)24(28)29-17-23(27)26-16-15-22(18-7-3-1-4-8-18)19-9-5-2-6-10-19/h1-14,22H,15-17H2,(H,26,27). The Morgan fingerprint density at radius 2 is 1.38 bits per heavy atom. The number of rotatable bonds is 8. The molecule has 0 saturated carbocycles. The van der Waals surface area contributed by atoms with Gasteiger partial charge in [-0.2, -0.15) is 0 Å². The van der Waals surface area contributed by atoms with Crippen molar-refractivity contribution in [3.63, 3.8) is 0 Å². The first-order chi connectivity index (χ1) is 14.1. The van der Waals surface area contributed by atoms with Gasteiger partial charge in [0.15, 0.2) is 6.61 Å². The smallest absolute Gasteiger partial charge is 0.338 e. The fourth-order valence-electron chi connectivity index (χ4n) is 3.10. The predicted octanol–water partition coefficient (Wildman–Crippen LogP) is 4.32. The zero-order valence-electron chi connectivity index (χ0n) is 15.9. The van der Waals surface area contributed by atoms with E-state index in [1.165, 1.54) is 35.4 Å². The lowest BCUT2D eigenvalue weighted by atomic mass is 9.88. The molecular formula is C24H22FNO3. The second-order valence-electron chi connectivity index (χ2n) is 6.60. The Hall–Kier alpha value is -3.47. The van der Waals surface area contributed by atoms with E-state index in [1.54, 1.807) is 0 Å². The average Bonchev–Trinajstić information content (AvgIpc) is 2.77. The Kier molecular flexibility index (Phi) is 7.11. The van der Waals surface area contributed by atoms with Gasteiger partial charge >= 0.3 is 5.97 Å². The van der Waals surface area contributed by atoms with Crippen LogP contribution in [0.5, 0.6) is 0 Å². The molecule has 0 bridgehead atoms. The van der Waals surface area contributed by atoms with Gasteiger partial charge in [-0.3, -0.25) is 4.79 Å². The summed E-state index contributed by atoms with van der Waals surface area (Å²) in [6.45, 7) is 0.0684. The molecule has 0 fully saturated rings. The van der Waals surface area contributed by atoms with Crippen molar-refractivity contribution in [3.05, 3.63) is 107 Å². The molecule has 0 aliphatic carbocycles. The zero-order valence-corrected chi connectivity index (χ0v) is 15.9. The summed E-state index contributed by atoms with van der Waals surface area (Å²) in [5.41, 5.74) is 2.55. The van der Waals surface area contributed by atoms with E-state index < -0.39 is 11.8 Å². The van der Waals surface area contributed by atoms with Crippen LogP contribution in [-0.4, -0.2) is 25.0 Å². The molecule has 3 aromatic carbocycles. The quantitative estimate of drug-likeness (QED) is 0.582. The molecule has 0 radical (unpaired) electrons. The molecule has 0 atom stereocenters. The fourth-order valence-corrected chi connectivity index (χ4v) is 3.10. The lowest BCUT2D eigenvalue weighted by Gasteiger charge is -2.18. The highest BCUT2D eigenvalue weighted by Gasteiger charge is 2.15. The minimum atomic E-state index is -0.661. The Bertz CT molecular complexity index is 888. The molecule has 0 saturated heterocycles. The summed E-state index contributed by atoms with van der Waals surface area (Å²) in [6.07, 6.45) is 0.714. The van der Waals surface area contributed by atoms with Crippen LogP contribution in [0.2, 0.25) is 0 Å². The van der Waals surface area contributed by atoms with E-state index in [4.69, 9.17) is 4.74 Å². The second kappa shape index (κ2) is 10.2. The molecule has 148 valence electrons. The minimum absolute atomic E-state index is 0.152. The van der Waals surface area contributed by atoms with Gasteiger partial charge in [0.1, 0.15) is 5.82 Å². The van der Waals surface area contributed by atoms with Crippen LogP contribution in [0.3, 0.4) is 0 Å². The SMILES string of the molecule is O=C(COC(=O)c1ccc(F)cc1)NCCC(c1ccccc1)c1ccccc1. The average molecular weight is 391 g/mol. The van der Waals surface area contributed by atoms with Crippen LogP contribution in [0.15, 0.2) is 84.9 Å². The molecule has 4 nitrogen and oxygen atoms in total. The lowest BCUT2D eigenvalue weighted by Crippen LogP contribution is -2.30. The molecule has 5 heteroatoms. The highest BCUT2D eigenvalue weighted by Crippen LogP contribution is 2.27. The summed E-state index contributed by atoms with van der Waals surface area (Å²) in [4.78, 5) is 23.9. The van der Waals surface area contributed by atoms with E-state index in [0.717, 1.165) is 0 Å². The van der Waals surface area contributed by atoms with Gasteiger partial charge in [0.2, 0.25) is 0 Å². The molecule has 0 aliphatic heterocycles. The van der Waals surface area contributed by atoms with Gasteiger partial charge < -0.3 is 10.1 Å². The molecule has 0 spiro atoms. The van der Waals surface area contributed by atoms with E-state index in [0.29, 0.717) is 13.0 Å². The van der Waals surface area contributed by atoms with E-state index in [9.17, 15) is 14.0 Å². The monoisotopic (exact) mass is 391 g/mol. The Labute approximate surface area is 169 Å². The van der Waals surface area contributed by atoms with Crippen LogP contribution in [0.4, 0.5) is 4.39 Å². The summed E-state index contributed by atoms with van der Waals surface area (Å²) in [6, 6.07) is 25.2. The molecule has 3 aromatic rings. The molecule has 1 amide bonds. The van der Waals surface area contributed by atoms with Crippen LogP contribution in [0.25, 0.3) is 0 Å². The third-order valence-electron chi connectivity index (χ3n) is 4.57. The van der Waals surface area contributed by atoms with Gasteiger partial charge in [-0.15, -0.1) is 0 Å². The van der Waals surface area contributed by atoms with Gasteiger partial charge in [0.25, 0.3) is 5.91 Å². The number of amides is 1. The normalized spacial score (nSPS) is 10.6. The fraction of sp³-hybridized carbons (Fsp3) is 0.167. The third-order valence-corrected chi connectivity index (χ3v) is 4.57. The minimum Gasteiger partial charge on any atom is -0.452 e. The van der Waals surface area contributed by atoms with Crippen molar-refractivity contribution in [2.24, 2.45) is 0 Å². The molecule has 1 N–H and O–H groups in total. The number of nitrogens with one attached hydrogen (secondary N) is 1. The van der Waals surface area contributed by atoms with Crippen LogP contribution >= 0.6 is 0 Å². The molecule has 0 aromatic heterocycles. The Morgan fingerprint density at radius 3 is 1.93 bits per heavy atom. The molecule has 29 heavy (non-hydrogen) atoms. The third kappa shape index (κ3) is 6.01. The summed E-state index contributed by atoms with van der Waals surface area (Å²) in [5.74, 6) is -1.32. The topological polar surface area (TPSA) is 55.4 Å². The first-order valence-corrected chi connectivity index (χ1v) is 9.43. The van der Waals surface area contributed by atoms with Gasteiger partial charge in [-0.05, 0) is 41.8 Å². The van der Waals surface area contributed by atoms with Gasteiger partial charge in [-0.1, -0.05) is 60.7 Å². The largest absolute Gasteiger partial charge is 0.452 e. The predicted molar refractivity (Wildman–Crippen MR) is 109 cm³/mol. The first kappa shape index (κ1) is 20.3. The van der Waals surface area contributed by atoms with E-state index in [-0.39, 0.29) is 24.0 Å². The number of hydrogen-bond acceptors (Lipinski definition) is 3. The number of hydrogen-bond donors (Lipinski definition) is 1. The lowest BCUT2D eigenvalue weighted by molar-refractivity contribution is -0.124. The van der Waals surface area contributed by atoms with Crippen molar-refractivity contribution in [1.29, 1.82) is 0 Å². The molecular weight excluding hydrogens is 369 g/mol. The number of esters is 1. The molecule has 3 rings (SSSR count). The highest BCUT2D eigenvalue weighted by atomic mass is 19.1. The maximum atomic E-state index is 12.9. The van der Waals surface area contributed by atoms with E-state index >= 15 is 0 Å². The van der Waals surface area contributed by atoms with Gasteiger partial charge in [-0.25, -0.2) is 9.18 Å². The summed E-state index contributed by atoms with van der Waals surface area (Å²) >= 11 is 0. The number of halogens is 1. The van der Waals surface area contributed by atoms with Crippen LogP contribution < -0.4 is 5.32 Å². The number of carbonyl (C=O) groups is 2.